The molecular weight excluding hydrogens is 228 g/mol. The van der Waals surface area contributed by atoms with E-state index in [2.05, 4.69) is 15.3 Å². The van der Waals surface area contributed by atoms with Crippen molar-refractivity contribution in [3.63, 3.8) is 0 Å². The van der Waals surface area contributed by atoms with Crippen LogP contribution in [0.15, 0.2) is 24.5 Å². The Labute approximate surface area is 93.4 Å². The smallest absolute Gasteiger partial charge is 0.234 e. The number of rotatable bonds is 1. The fourth-order valence-electron chi connectivity index (χ4n) is 1.33. The van der Waals surface area contributed by atoms with E-state index in [1.54, 1.807) is 10.6 Å². The highest BCUT2D eigenvalue weighted by Crippen LogP contribution is 2.32. The van der Waals surface area contributed by atoms with Crippen molar-refractivity contribution in [1.29, 1.82) is 0 Å². The van der Waals surface area contributed by atoms with Crippen LogP contribution < -0.4 is 0 Å². The Hall–Kier alpha value is -2.15. The zero-order valence-corrected chi connectivity index (χ0v) is 8.72. The van der Waals surface area contributed by atoms with E-state index >= 15 is 0 Å². The third-order valence-electron chi connectivity index (χ3n) is 2.11. The van der Waals surface area contributed by atoms with Crippen LogP contribution in [-0.2, 0) is 0 Å². The molecule has 0 amide bonds. The first-order chi connectivity index (χ1) is 7.74. The molecule has 3 rings (SSSR count). The molecule has 1 aromatic carbocycles. The van der Waals surface area contributed by atoms with Gasteiger partial charge in [-0.2, -0.15) is 9.61 Å². The van der Waals surface area contributed by atoms with Crippen molar-refractivity contribution >= 4 is 16.3 Å². The molecule has 0 aliphatic heterocycles. The second-order valence-corrected chi connectivity index (χ2v) is 4.12. The van der Waals surface area contributed by atoms with Gasteiger partial charge in [-0.15, -0.1) is 10.2 Å². The highest BCUT2D eigenvalue weighted by molar-refractivity contribution is 7.19. The third-order valence-corrected chi connectivity index (χ3v) is 3.07. The number of nitrogens with zero attached hydrogens (tertiary/aromatic N) is 4. The number of phenols is 2. The van der Waals surface area contributed by atoms with E-state index in [1.165, 1.54) is 29.8 Å². The number of fused-ring (bicyclic) bond motifs is 1. The predicted octanol–water partition coefficient (Wildman–Crippen LogP) is 1.26. The lowest BCUT2D eigenvalue weighted by molar-refractivity contribution is 0.404. The molecule has 7 heteroatoms. The van der Waals surface area contributed by atoms with Crippen LogP contribution in [0.25, 0.3) is 15.5 Å². The summed E-state index contributed by atoms with van der Waals surface area (Å²) in [7, 11) is 0. The lowest BCUT2D eigenvalue weighted by Crippen LogP contribution is -1.82. The number of hydrogen-bond donors (Lipinski definition) is 2. The molecule has 2 N–H and O–H groups in total. The lowest BCUT2D eigenvalue weighted by Gasteiger charge is -1.98. The number of phenolic OH excluding ortho intramolecular Hbond substituents is 2. The van der Waals surface area contributed by atoms with Crippen LogP contribution in [0.1, 0.15) is 0 Å². The molecule has 0 atom stereocenters. The maximum atomic E-state index is 9.38. The summed E-state index contributed by atoms with van der Waals surface area (Å²) < 4.78 is 1.56. The minimum absolute atomic E-state index is 0.147. The van der Waals surface area contributed by atoms with Gasteiger partial charge in [0.15, 0.2) is 11.5 Å². The summed E-state index contributed by atoms with van der Waals surface area (Å²) in [5.41, 5.74) is 0.728. The average molecular weight is 234 g/mol. The third kappa shape index (κ3) is 1.29. The molecule has 0 bridgehead atoms. The monoisotopic (exact) mass is 234 g/mol. The topological polar surface area (TPSA) is 83.5 Å². The average Bonchev–Trinajstić information content (AvgIpc) is 2.81. The zero-order chi connectivity index (χ0) is 11.1. The van der Waals surface area contributed by atoms with Gasteiger partial charge in [0, 0.05) is 5.56 Å². The quantitative estimate of drug-likeness (QED) is 0.619. The van der Waals surface area contributed by atoms with Gasteiger partial charge < -0.3 is 10.2 Å². The van der Waals surface area contributed by atoms with Gasteiger partial charge in [-0.25, -0.2) is 0 Å². The van der Waals surface area contributed by atoms with Gasteiger partial charge in [0.05, 0.1) is 0 Å². The summed E-state index contributed by atoms with van der Waals surface area (Å²) in [6.07, 6.45) is 1.51. The van der Waals surface area contributed by atoms with E-state index < -0.39 is 0 Å². The molecule has 3 aromatic rings. The number of hydrogen-bond acceptors (Lipinski definition) is 6. The maximum absolute atomic E-state index is 9.38. The van der Waals surface area contributed by atoms with Crippen molar-refractivity contribution in [3.05, 3.63) is 24.5 Å². The summed E-state index contributed by atoms with van der Waals surface area (Å²) >= 11 is 1.36. The first-order valence-corrected chi connectivity index (χ1v) is 5.25. The normalized spacial score (nSPS) is 11.0. The van der Waals surface area contributed by atoms with E-state index in [1.807, 2.05) is 0 Å². The maximum Gasteiger partial charge on any atom is 0.234 e. The Bertz CT molecular complexity index is 632. The van der Waals surface area contributed by atoms with Crippen LogP contribution >= 0.6 is 11.3 Å². The summed E-state index contributed by atoms with van der Waals surface area (Å²) in [5.74, 6) is -0.310. The Balaban J connectivity index is 2.15. The molecule has 0 unspecified atom stereocenters. The van der Waals surface area contributed by atoms with Crippen LogP contribution in [0.2, 0.25) is 0 Å². The van der Waals surface area contributed by atoms with Gasteiger partial charge in [0.1, 0.15) is 11.3 Å². The Kier molecular flexibility index (Phi) is 1.80. The molecule has 0 spiro atoms. The van der Waals surface area contributed by atoms with Crippen LogP contribution in [0.4, 0.5) is 0 Å². The van der Waals surface area contributed by atoms with Gasteiger partial charge in [0.2, 0.25) is 4.96 Å². The Morgan fingerprint density at radius 2 is 2.06 bits per heavy atom. The Morgan fingerprint density at radius 1 is 1.19 bits per heavy atom. The lowest BCUT2D eigenvalue weighted by atomic mass is 10.2. The molecule has 2 aromatic heterocycles. The van der Waals surface area contributed by atoms with E-state index in [4.69, 9.17) is 0 Å². The zero-order valence-electron chi connectivity index (χ0n) is 7.90. The minimum atomic E-state index is -0.163. The van der Waals surface area contributed by atoms with E-state index in [0.717, 1.165) is 5.56 Å². The van der Waals surface area contributed by atoms with Gasteiger partial charge in [-0.1, -0.05) is 11.3 Å². The van der Waals surface area contributed by atoms with E-state index in [0.29, 0.717) is 9.97 Å². The highest BCUT2D eigenvalue weighted by atomic mass is 32.1. The van der Waals surface area contributed by atoms with Gasteiger partial charge in [0.25, 0.3) is 0 Å². The van der Waals surface area contributed by atoms with E-state index in [9.17, 15) is 10.2 Å². The highest BCUT2D eigenvalue weighted by Gasteiger charge is 2.09. The molecule has 0 saturated carbocycles. The summed E-state index contributed by atoms with van der Waals surface area (Å²) in [6.45, 7) is 0. The number of aromatic nitrogens is 4. The fraction of sp³-hybridized carbons (Fsp3) is 0. The van der Waals surface area contributed by atoms with Crippen molar-refractivity contribution in [2.75, 3.05) is 0 Å². The number of aromatic hydroxyl groups is 2. The second-order valence-electron chi connectivity index (χ2n) is 3.17. The molecule has 0 fully saturated rings. The van der Waals surface area contributed by atoms with Crippen molar-refractivity contribution in [2.45, 2.75) is 0 Å². The molecular formula is C9H6N4O2S. The van der Waals surface area contributed by atoms with Crippen molar-refractivity contribution in [2.24, 2.45) is 0 Å². The van der Waals surface area contributed by atoms with E-state index in [-0.39, 0.29) is 11.5 Å². The standard InChI is InChI=1S/C9H6N4O2S/c14-6-2-1-5(3-7(6)15)8-12-13-4-10-11-9(13)16-8/h1-4,14-15H. The van der Waals surface area contributed by atoms with Crippen LogP contribution in [0.5, 0.6) is 11.5 Å². The van der Waals surface area contributed by atoms with Gasteiger partial charge in [-0.05, 0) is 18.2 Å². The van der Waals surface area contributed by atoms with Crippen LogP contribution in [0.3, 0.4) is 0 Å². The first-order valence-electron chi connectivity index (χ1n) is 4.43. The minimum Gasteiger partial charge on any atom is -0.504 e. The largest absolute Gasteiger partial charge is 0.504 e. The molecule has 80 valence electrons. The molecule has 0 radical (unpaired) electrons. The van der Waals surface area contributed by atoms with Crippen LogP contribution in [0, 0.1) is 0 Å². The molecule has 0 saturated heterocycles. The first kappa shape index (κ1) is 9.10. The molecule has 16 heavy (non-hydrogen) atoms. The van der Waals surface area contributed by atoms with Crippen molar-refractivity contribution < 1.29 is 10.2 Å². The molecule has 2 heterocycles. The van der Waals surface area contributed by atoms with Gasteiger partial charge in [-0.3, -0.25) is 0 Å². The SMILES string of the molecule is Oc1ccc(-c2nn3cnnc3s2)cc1O. The second kappa shape index (κ2) is 3.17. The van der Waals surface area contributed by atoms with Crippen LogP contribution in [-0.4, -0.2) is 30.0 Å². The molecule has 0 aliphatic rings. The predicted molar refractivity (Wildman–Crippen MR) is 57.4 cm³/mol. The summed E-state index contributed by atoms with van der Waals surface area (Å²) in [5, 5.41) is 31.1. The van der Waals surface area contributed by atoms with Crippen molar-refractivity contribution in [1.82, 2.24) is 19.8 Å². The summed E-state index contributed by atoms with van der Waals surface area (Å²) in [6, 6.07) is 4.56. The summed E-state index contributed by atoms with van der Waals surface area (Å²) in [4.78, 5) is 0.683. The van der Waals surface area contributed by atoms with Gasteiger partial charge >= 0.3 is 0 Å². The van der Waals surface area contributed by atoms with Crippen molar-refractivity contribution in [3.8, 4) is 22.1 Å². The Morgan fingerprint density at radius 3 is 2.81 bits per heavy atom. The fourth-order valence-corrected chi connectivity index (χ4v) is 2.15. The molecule has 6 nitrogen and oxygen atoms in total. The molecule has 0 aliphatic carbocycles. The number of benzene rings is 1.